The van der Waals surface area contributed by atoms with E-state index in [4.69, 9.17) is 25.8 Å². The van der Waals surface area contributed by atoms with E-state index in [1.165, 1.54) is 25.3 Å². The van der Waals surface area contributed by atoms with Crippen molar-refractivity contribution < 1.29 is 28.2 Å². The normalized spacial score (nSPS) is 19.0. The van der Waals surface area contributed by atoms with Crippen LogP contribution >= 0.6 is 11.6 Å². The van der Waals surface area contributed by atoms with Gasteiger partial charge in [0.05, 0.1) is 24.8 Å². The van der Waals surface area contributed by atoms with E-state index < -0.39 is 17.7 Å². The lowest BCUT2D eigenvalue weighted by Crippen LogP contribution is -2.38. The molecule has 36 heavy (non-hydrogen) atoms. The molecule has 2 aliphatic rings. The van der Waals surface area contributed by atoms with Crippen LogP contribution < -0.4 is 14.8 Å². The second kappa shape index (κ2) is 9.97. The van der Waals surface area contributed by atoms with Crippen molar-refractivity contribution in [1.82, 2.24) is 5.32 Å². The topological polar surface area (TPSA) is 73.9 Å². The van der Waals surface area contributed by atoms with Crippen molar-refractivity contribution in [2.75, 3.05) is 14.2 Å². The maximum Gasteiger partial charge on any atom is 0.336 e. The van der Waals surface area contributed by atoms with Gasteiger partial charge in [-0.3, -0.25) is 4.79 Å². The van der Waals surface area contributed by atoms with Crippen molar-refractivity contribution in [3.8, 4) is 11.5 Å². The van der Waals surface area contributed by atoms with Crippen LogP contribution in [-0.2, 0) is 20.9 Å². The minimum absolute atomic E-state index is 0.00206. The molecule has 1 aliphatic heterocycles. The number of Topliss-reactive ketones (excluding diaryl/α,β-unsaturated/α-hetero) is 1. The lowest BCUT2D eigenvalue weighted by atomic mass is 9.68. The Kier molecular flexibility index (Phi) is 7.14. The van der Waals surface area contributed by atoms with Gasteiger partial charge in [0.1, 0.15) is 23.9 Å². The molecule has 0 spiro atoms. The number of methoxy groups -OCH3 is 2. The van der Waals surface area contributed by atoms with Gasteiger partial charge in [-0.05, 0) is 48.6 Å². The Morgan fingerprint density at radius 3 is 2.58 bits per heavy atom. The summed E-state index contributed by atoms with van der Waals surface area (Å²) in [6, 6.07) is 9.64. The van der Waals surface area contributed by atoms with Gasteiger partial charge in [-0.1, -0.05) is 31.5 Å². The molecule has 0 fully saturated rings. The number of halogens is 2. The molecule has 1 heterocycles. The number of nitrogens with one attached hydrogen (secondary N) is 1. The number of allylic oxidation sites excluding steroid dienone is 3. The summed E-state index contributed by atoms with van der Waals surface area (Å²) < 4.78 is 30.0. The van der Waals surface area contributed by atoms with E-state index in [9.17, 15) is 14.0 Å². The van der Waals surface area contributed by atoms with Crippen molar-refractivity contribution >= 4 is 23.4 Å². The average Bonchev–Trinajstić information content (AvgIpc) is 2.82. The summed E-state index contributed by atoms with van der Waals surface area (Å²) in [5.41, 5.74) is 3.72. The predicted octanol–water partition coefficient (Wildman–Crippen LogP) is 5.84. The fraction of sp³-hybridized carbons (Fsp3) is 0.357. The molecule has 0 amide bonds. The highest BCUT2D eigenvalue weighted by molar-refractivity contribution is 6.30. The van der Waals surface area contributed by atoms with Crippen LogP contribution in [0.5, 0.6) is 11.5 Å². The van der Waals surface area contributed by atoms with E-state index in [1.54, 1.807) is 13.2 Å². The lowest BCUT2D eigenvalue weighted by molar-refractivity contribution is -0.136. The molecule has 4 rings (SSSR count). The standard InChI is InChI=1S/C28H29ClFNO5/c1-15-24(27(33)35-5)25(26-21(31-15)12-28(2,3)13-22(26)32)16-6-9-23(34-4)17(10-16)14-36-18-7-8-20(30)19(29)11-18/h6-11,25,31H,12-14H2,1-5H3/t25-/m1/s1. The number of benzene rings is 2. The van der Waals surface area contributed by atoms with Crippen LogP contribution in [0, 0.1) is 11.2 Å². The van der Waals surface area contributed by atoms with Crippen LogP contribution in [0.15, 0.2) is 58.9 Å². The first-order valence-electron chi connectivity index (χ1n) is 11.6. The van der Waals surface area contributed by atoms with Crippen LogP contribution in [0.3, 0.4) is 0 Å². The van der Waals surface area contributed by atoms with Crippen LogP contribution in [0.1, 0.15) is 50.7 Å². The number of dihydropyridines is 1. The van der Waals surface area contributed by atoms with E-state index in [0.717, 1.165) is 11.3 Å². The molecular formula is C28H29ClFNO5. The number of esters is 1. The van der Waals surface area contributed by atoms with Crippen LogP contribution in [0.4, 0.5) is 4.39 Å². The zero-order valence-electron chi connectivity index (χ0n) is 21.0. The molecule has 0 bridgehead atoms. The van der Waals surface area contributed by atoms with Gasteiger partial charge in [0.15, 0.2) is 5.78 Å². The zero-order chi connectivity index (χ0) is 26.2. The number of hydrogen-bond donors (Lipinski definition) is 1. The quantitative estimate of drug-likeness (QED) is 0.489. The average molecular weight is 514 g/mol. The number of hydrogen-bond acceptors (Lipinski definition) is 6. The number of rotatable bonds is 6. The molecule has 2 aromatic carbocycles. The van der Waals surface area contributed by atoms with Crippen LogP contribution in [0.2, 0.25) is 5.02 Å². The summed E-state index contributed by atoms with van der Waals surface area (Å²) in [6.07, 6.45) is 1.07. The largest absolute Gasteiger partial charge is 0.496 e. The summed E-state index contributed by atoms with van der Waals surface area (Å²) in [5, 5.41) is 3.27. The molecule has 0 saturated carbocycles. The molecule has 0 radical (unpaired) electrons. The SMILES string of the molecule is COC(=O)C1=C(C)NC2=C(C(=O)CC(C)(C)C2)[C@@H]1c1ccc(OC)c(COc2ccc(F)c(Cl)c2)c1. The van der Waals surface area contributed by atoms with Gasteiger partial charge in [0, 0.05) is 40.9 Å². The lowest BCUT2D eigenvalue weighted by Gasteiger charge is -2.39. The molecule has 1 aliphatic carbocycles. The number of ketones is 1. The molecule has 0 unspecified atom stereocenters. The van der Waals surface area contributed by atoms with E-state index in [1.807, 2.05) is 19.1 Å². The highest BCUT2D eigenvalue weighted by Gasteiger charge is 2.43. The maximum atomic E-state index is 13.5. The highest BCUT2D eigenvalue weighted by Crippen LogP contribution is 2.47. The van der Waals surface area contributed by atoms with Crippen LogP contribution in [0.25, 0.3) is 0 Å². The Labute approximate surface area is 215 Å². The summed E-state index contributed by atoms with van der Waals surface area (Å²) >= 11 is 5.88. The highest BCUT2D eigenvalue weighted by atomic mass is 35.5. The Hall–Kier alpha value is -3.32. The van der Waals surface area contributed by atoms with Crippen molar-refractivity contribution in [2.24, 2.45) is 5.41 Å². The summed E-state index contributed by atoms with van der Waals surface area (Å²) in [5.74, 6) is -0.646. The maximum absolute atomic E-state index is 13.5. The second-order valence-corrected chi connectivity index (χ2v) is 10.3. The Bertz CT molecular complexity index is 1300. The van der Waals surface area contributed by atoms with Gasteiger partial charge in [0.2, 0.25) is 0 Å². The molecule has 1 N–H and O–H groups in total. The number of carbonyl (C=O) groups excluding carboxylic acids is 2. The first-order chi connectivity index (χ1) is 17.0. The molecular weight excluding hydrogens is 485 g/mol. The molecule has 0 aromatic heterocycles. The minimum Gasteiger partial charge on any atom is -0.496 e. The van der Waals surface area contributed by atoms with Gasteiger partial charge in [-0.2, -0.15) is 0 Å². The number of ether oxygens (including phenoxy) is 3. The third kappa shape index (κ3) is 4.98. The summed E-state index contributed by atoms with van der Waals surface area (Å²) in [4.78, 5) is 26.3. The van der Waals surface area contributed by atoms with Crippen LogP contribution in [-0.4, -0.2) is 26.0 Å². The Morgan fingerprint density at radius 2 is 1.92 bits per heavy atom. The molecule has 2 aromatic rings. The number of carbonyl (C=O) groups is 2. The van der Waals surface area contributed by atoms with Gasteiger partial charge in [-0.25, -0.2) is 9.18 Å². The van der Waals surface area contributed by atoms with Gasteiger partial charge in [-0.15, -0.1) is 0 Å². The first-order valence-corrected chi connectivity index (χ1v) is 12.0. The Balaban J connectivity index is 1.78. The summed E-state index contributed by atoms with van der Waals surface area (Å²) in [6.45, 7) is 6.05. The van der Waals surface area contributed by atoms with E-state index in [-0.39, 0.29) is 22.8 Å². The minimum atomic E-state index is -0.595. The first kappa shape index (κ1) is 25.8. The summed E-state index contributed by atoms with van der Waals surface area (Å²) in [7, 11) is 2.88. The molecule has 8 heteroatoms. The van der Waals surface area contributed by atoms with Crippen molar-refractivity contribution in [3.63, 3.8) is 0 Å². The third-order valence-corrected chi connectivity index (χ3v) is 6.86. The van der Waals surface area contributed by atoms with Crippen molar-refractivity contribution in [3.05, 3.63) is 80.9 Å². The monoisotopic (exact) mass is 513 g/mol. The second-order valence-electron chi connectivity index (χ2n) is 9.86. The predicted molar refractivity (Wildman–Crippen MR) is 134 cm³/mol. The van der Waals surface area contributed by atoms with Gasteiger partial charge < -0.3 is 19.5 Å². The van der Waals surface area contributed by atoms with E-state index in [2.05, 4.69) is 19.2 Å². The molecule has 190 valence electrons. The fourth-order valence-electron chi connectivity index (χ4n) is 4.97. The molecule has 6 nitrogen and oxygen atoms in total. The fourth-order valence-corrected chi connectivity index (χ4v) is 5.14. The van der Waals surface area contributed by atoms with Crippen molar-refractivity contribution in [1.29, 1.82) is 0 Å². The van der Waals surface area contributed by atoms with E-state index in [0.29, 0.717) is 46.7 Å². The Morgan fingerprint density at radius 1 is 1.17 bits per heavy atom. The zero-order valence-corrected chi connectivity index (χ0v) is 21.7. The van der Waals surface area contributed by atoms with Gasteiger partial charge in [0.25, 0.3) is 0 Å². The molecule has 1 atom stereocenters. The van der Waals surface area contributed by atoms with Gasteiger partial charge >= 0.3 is 5.97 Å². The van der Waals surface area contributed by atoms with Crippen molar-refractivity contribution in [2.45, 2.75) is 46.1 Å². The molecule has 0 saturated heterocycles. The third-order valence-electron chi connectivity index (χ3n) is 6.57. The van der Waals surface area contributed by atoms with E-state index >= 15 is 0 Å². The smallest absolute Gasteiger partial charge is 0.336 e.